The van der Waals surface area contributed by atoms with Crippen molar-refractivity contribution in [2.45, 2.75) is 50.4 Å². The molecule has 35 heavy (non-hydrogen) atoms. The number of fused-ring (bicyclic) bond motifs is 2. The van der Waals surface area contributed by atoms with Crippen molar-refractivity contribution in [2.24, 2.45) is 5.73 Å². The Balaban J connectivity index is 1.42. The highest BCUT2D eigenvalue weighted by Crippen LogP contribution is 2.40. The average Bonchev–Trinajstić information content (AvgIpc) is 3.65. The molecule has 2 aromatic heterocycles. The normalized spacial score (nSPS) is 23.8. The van der Waals surface area contributed by atoms with Gasteiger partial charge in [-0.3, -0.25) is 19.2 Å². The average molecular weight is 468 g/mol. The fourth-order valence-electron chi connectivity index (χ4n) is 5.54. The van der Waals surface area contributed by atoms with Gasteiger partial charge in [-0.1, -0.05) is 35.9 Å². The van der Waals surface area contributed by atoms with Crippen molar-refractivity contribution in [3.8, 4) is 6.07 Å². The van der Waals surface area contributed by atoms with Gasteiger partial charge in [0.2, 0.25) is 0 Å². The molecule has 1 aliphatic carbocycles. The Bertz CT molecular complexity index is 1390. The molecule has 0 bridgehead atoms. The maximum Gasteiger partial charge on any atom is 0.277 e. The lowest BCUT2D eigenvalue weighted by atomic mass is 10.0. The van der Waals surface area contributed by atoms with Crippen LogP contribution in [-0.2, 0) is 6.54 Å². The predicted molar refractivity (Wildman–Crippen MR) is 135 cm³/mol. The molecule has 1 aromatic carbocycles. The first kappa shape index (κ1) is 22.0. The number of likely N-dealkylation sites (tertiary alicyclic amines) is 1. The van der Waals surface area contributed by atoms with E-state index in [1.54, 1.807) is 17.1 Å². The van der Waals surface area contributed by atoms with E-state index in [1.807, 2.05) is 30.3 Å². The highest BCUT2D eigenvalue weighted by molar-refractivity contribution is 5.84. The van der Waals surface area contributed by atoms with Crippen molar-refractivity contribution in [3.63, 3.8) is 0 Å². The zero-order valence-electron chi connectivity index (χ0n) is 19.7. The lowest BCUT2D eigenvalue weighted by Gasteiger charge is -2.40. The molecule has 4 heterocycles. The summed E-state index contributed by atoms with van der Waals surface area (Å²) in [6.45, 7) is 2.51. The smallest absolute Gasteiger partial charge is 0.277 e. The van der Waals surface area contributed by atoms with Crippen LogP contribution in [0.1, 0.15) is 43.0 Å². The van der Waals surface area contributed by atoms with Crippen LogP contribution in [0.15, 0.2) is 59.3 Å². The van der Waals surface area contributed by atoms with E-state index in [0.29, 0.717) is 24.5 Å². The van der Waals surface area contributed by atoms with Gasteiger partial charge in [-0.2, -0.15) is 5.26 Å². The molecule has 6 rings (SSSR count). The minimum Gasteiger partial charge on any atom is -0.344 e. The quantitative estimate of drug-likeness (QED) is 0.576. The third kappa shape index (κ3) is 4.01. The van der Waals surface area contributed by atoms with Crippen LogP contribution >= 0.6 is 0 Å². The van der Waals surface area contributed by atoms with E-state index in [4.69, 9.17) is 10.7 Å². The van der Waals surface area contributed by atoms with E-state index in [1.165, 1.54) is 5.57 Å². The Hall–Kier alpha value is -3.54. The van der Waals surface area contributed by atoms with Gasteiger partial charge in [-0.05, 0) is 37.1 Å². The Morgan fingerprint density at radius 1 is 1.20 bits per heavy atom. The summed E-state index contributed by atoms with van der Waals surface area (Å²) in [5, 5.41) is 12.3. The number of benzene rings is 1. The van der Waals surface area contributed by atoms with E-state index >= 15 is 0 Å². The summed E-state index contributed by atoms with van der Waals surface area (Å²) in [7, 11) is 0. The summed E-state index contributed by atoms with van der Waals surface area (Å²) in [6, 6.07) is 12.6. The largest absolute Gasteiger partial charge is 0.344 e. The SMILES string of the molecule is N#CC1c2ncn(Cc3nccc4ccccc34)c(=O)c2N(CC=C2CC2)C1N1CCC[C@H](N)C1. The van der Waals surface area contributed by atoms with Gasteiger partial charge in [0.1, 0.15) is 17.8 Å². The number of rotatable bonds is 5. The van der Waals surface area contributed by atoms with Gasteiger partial charge in [0.05, 0.1) is 30.3 Å². The first-order chi connectivity index (χ1) is 17.1. The van der Waals surface area contributed by atoms with E-state index < -0.39 is 5.92 Å². The van der Waals surface area contributed by atoms with Gasteiger partial charge in [0, 0.05) is 37.3 Å². The van der Waals surface area contributed by atoms with Crippen LogP contribution < -0.4 is 16.2 Å². The van der Waals surface area contributed by atoms with Crippen LogP contribution in [0.2, 0.25) is 0 Å². The molecule has 2 N–H and O–H groups in total. The Kier molecular flexibility index (Phi) is 5.59. The van der Waals surface area contributed by atoms with E-state index in [2.05, 4.69) is 26.9 Å². The highest BCUT2D eigenvalue weighted by atomic mass is 16.1. The lowest BCUT2D eigenvalue weighted by molar-refractivity contribution is 0.143. The second-order valence-electron chi connectivity index (χ2n) is 9.82. The van der Waals surface area contributed by atoms with Crippen molar-refractivity contribution in [1.29, 1.82) is 5.26 Å². The summed E-state index contributed by atoms with van der Waals surface area (Å²) in [5.74, 6) is -0.495. The second-order valence-corrected chi connectivity index (χ2v) is 9.82. The Labute approximate surface area is 204 Å². The monoisotopic (exact) mass is 467 g/mol. The molecule has 178 valence electrons. The molecule has 0 amide bonds. The predicted octanol–water partition coefficient (Wildman–Crippen LogP) is 2.74. The van der Waals surface area contributed by atoms with Crippen LogP contribution in [0.25, 0.3) is 10.8 Å². The summed E-state index contributed by atoms with van der Waals surface area (Å²) in [4.78, 5) is 27.6. The molecule has 3 aliphatic rings. The van der Waals surface area contributed by atoms with Crippen LogP contribution in [0.4, 0.5) is 5.69 Å². The second kappa shape index (κ2) is 8.91. The van der Waals surface area contributed by atoms with Gasteiger partial charge >= 0.3 is 0 Å². The fourth-order valence-corrected chi connectivity index (χ4v) is 5.54. The first-order valence-electron chi connectivity index (χ1n) is 12.4. The topological polar surface area (TPSA) is 104 Å². The molecule has 8 heteroatoms. The van der Waals surface area contributed by atoms with Crippen molar-refractivity contribution in [1.82, 2.24) is 19.4 Å². The summed E-state index contributed by atoms with van der Waals surface area (Å²) in [5.41, 5.74) is 9.54. The molecule has 8 nitrogen and oxygen atoms in total. The van der Waals surface area contributed by atoms with Crippen LogP contribution in [0, 0.1) is 11.3 Å². The van der Waals surface area contributed by atoms with Crippen molar-refractivity contribution in [3.05, 3.63) is 76.2 Å². The Morgan fingerprint density at radius 3 is 2.86 bits per heavy atom. The van der Waals surface area contributed by atoms with Crippen molar-refractivity contribution >= 4 is 16.5 Å². The number of aromatic nitrogens is 3. The number of hydrogen-bond acceptors (Lipinski definition) is 7. The van der Waals surface area contributed by atoms with Gasteiger partial charge in [0.15, 0.2) is 0 Å². The van der Waals surface area contributed by atoms with Crippen LogP contribution in [0.5, 0.6) is 0 Å². The summed E-state index contributed by atoms with van der Waals surface area (Å²) < 4.78 is 1.63. The number of allylic oxidation sites excluding steroid dienone is 1. The zero-order valence-corrected chi connectivity index (χ0v) is 19.7. The summed E-state index contributed by atoms with van der Waals surface area (Å²) in [6.07, 6.45) is 9.55. The molecule has 0 spiro atoms. The van der Waals surface area contributed by atoms with E-state index in [0.717, 1.165) is 55.2 Å². The highest BCUT2D eigenvalue weighted by Gasteiger charge is 2.45. The number of nitrogens with zero attached hydrogens (tertiary/aromatic N) is 6. The van der Waals surface area contributed by atoms with Crippen LogP contribution in [-0.4, -0.2) is 51.3 Å². The third-order valence-corrected chi connectivity index (χ3v) is 7.44. The minimum absolute atomic E-state index is 0.0810. The Morgan fingerprint density at radius 2 is 2.06 bits per heavy atom. The van der Waals surface area contributed by atoms with Crippen molar-refractivity contribution < 1.29 is 0 Å². The van der Waals surface area contributed by atoms with E-state index in [9.17, 15) is 10.1 Å². The number of pyridine rings is 1. The fraction of sp³-hybridized carbons (Fsp3) is 0.407. The van der Waals surface area contributed by atoms with Crippen molar-refractivity contribution in [2.75, 3.05) is 24.5 Å². The summed E-state index contributed by atoms with van der Waals surface area (Å²) >= 11 is 0. The number of nitriles is 1. The lowest BCUT2D eigenvalue weighted by Crippen LogP contribution is -2.55. The number of anilines is 1. The molecule has 2 fully saturated rings. The van der Waals surface area contributed by atoms with Gasteiger partial charge in [-0.15, -0.1) is 0 Å². The standard InChI is InChI=1S/C27H29N7O/c28-14-22-24-25(34(13-10-18-7-8-18)26(22)32-12-3-5-20(29)15-32)27(35)33(17-31-24)16-23-21-6-2-1-4-19(21)9-11-30-23/h1-2,4,6,9-11,17,20,22,26H,3,5,7-8,12-13,15-16,29H2/t20-,22?,26?/m0/s1. The molecule has 1 saturated carbocycles. The maximum atomic E-state index is 13.9. The zero-order chi connectivity index (χ0) is 23.9. The minimum atomic E-state index is -0.495. The molecule has 3 aromatic rings. The van der Waals surface area contributed by atoms with Gasteiger partial charge in [-0.25, -0.2) is 4.98 Å². The number of piperidine rings is 1. The van der Waals surface area contributed by atoms with Gasteiger partial charge < -0.3 is 10.6 Å². The maximum absolute atomic E-state index is 13.9. The molecular formula is C27H29N7O. The van der Waals surface area contributed by atoms with Gasteiger partial charge in [0.25, 0.3) is 5.56 Å². The number of hydrogen-bond donors (Lipinski definition) is 1. The molecule has 2 aliphatic heterocycles. The molecule has 2 unspecified atom stereocenters. The van der Waals surface area contributed by atoms with Crippen LogP contribution in [0.3, 0.4) is 0 Å². The number of nitrogens with two attached hydrogens (primary N) is 1. The molecule has 0 radical (unpaired) electrons. The molecule has 1 saturated heterocycles. The first-order valence-corrected chi connectivity index (χ1v) is 12.4. The third-order valence-electron chi connectivity index (χ3n) is 7.44. The van der Waals surface area contributed by atoms with E-state index in [-0.39, 0.29) is 17.8 Å². The molecule has 3 atom stereocenters. The molecular weight excluding hydrogens is 438 g/mol.